The summed E-state index contributed by atoms with van der Waals surface area (Å²) >= 11 is 3.74. The van der Waals surface area contributed by atoms with Gasteiger partial charge in [0.1, 0.15) is 0 Å². The largest absolute Gasteiger partial charge is 0.371 e. The average Bonchev–Trinajstić information content (AvgIpc) is 2.72. The topological polar surface area (TPSA) is 15.3 Å². The van der Waals surface area contributed by atoms with E-state index in [9.17, 15) is 0 Å². The van der Waals surface area contributed by atoms with Crippen LogP contribution in [0.1, 0.15) is 51.6 Å². The molecule has 1 aliphatic rings. The van der Waals surface area contributed by atoms with E-state index in [1.807, 2.05) is 7.05 Å². The summed E-state index contributed by atoms with van der Waals surface area (Å²) in [6, 6.07) is 7.20. The summed E-state index contributed by atoms with van der Waals surface area (Å²) in [5.74, 6) is 1.71. The number of benzene rings is 1. The predicted molar refractivity (Wildman–Crippen MR) is 96.0 cm³/mol. The molecular formula is C18H29BrN2. The minimum Gasteiger partial charge on any atom is -0.371 e. The fourth-order valence-corrected chi connectivity index (χ4v) is 3.98. The van der Waals surface area contributed by atoms with E-state index in [0.717, 1.165) is 11.8 Å². The van der Waals surface area contributed by atoms with Crippen LogP contribution < -0.4 is 10.2 Å². The third-order valence-electron chi connectivity index (χ3n) is 4.96. The quantitative estimate of drug-likeness (QED) is 0.820. The van der Waals surface area contributed by atoms with Gasteiger partial charge in [-0.15, -0.1) is 0 Å². The van der Waals surface area contributed by atoms with Gasteiger partial charge in [0.05, 0.1) is 0 Å². The summed E-state index contributed by atoms with van der Waals surface area (Å²) in [5, 5.41) is 3.31. The van der Waals surface area contributed by atoms with E-state index in [1.165, 1.54) is 48.1 Å². The van der Waals surface area contributed by atoms with Gasteiger partial charge in [-0.2, -0.15) is 0 Å². The molecule has 1 saturated heterocycles. The highest BCUT2D eigenvalue weighted by atomic mass is 79.9. The van der Waals surface area contributed by atoms with Crippen molar-refractivity contribution in [3.8, 4) is 0 Å². The first-order valence-corrected chi connectivity index (χ1v) is 9.04. The van der Waals surface area contributed by atoms with Crippen molar-refractivity contribution in [2.45, 2.75) is 46.1 Å². The zero-order chi connectivity index (χ0) is 15.4. The van der Waals surface area contributed by atoms with Crippen molar-refractivity contribution in [3.05, 3.63) is 28.2 Å². The molecule has 0 bridgehead atoms. The van der Waals surface area contributed by atoms with Crippen LogP contribution in [0.2, 0.25) is 0 Å². The molecule has 1 N–H and O–H groups in total. The first kappa shape index (κ1) is 16.8. The number of anilines is 1. The summed E-state index contributed by atoms with van der Waals surface area (Å²) in [4.78, 5) is 2.56. The van der Waals surface area contributed by atoms with Gasteiger partial charge < -0.3 is 10.2 Å². The average molecular weight is 353 g/mol. The Labute approximate surface area is 138 Å². The van der Waals surface area contributed by atoms with Crippen molar-refractivity contribution < 1.29 is 0 Å². The SMILES string of the molecule is CNC(C)c1ccc(N2CCCC(C(C)C)CC2)cc1Br. The number of nitrogens with one attached hydrogen (secondary N) is 1. The second-order valence-electron chi connectivity index (χ2n) is 6.64. The molecule has 0 saturated carbocycles. The van der Waals surface area contributed by atoms with E-state index in [4.69, 9.17) is 0 Å². The van der Waals surface area contributed by atoms with E-state index < -0.39 is 0 Å². The molecule has 1 aliphatic heterocycles. The van der Waals surface area contributed by atoms with Crippen LogP contribution in [0.5, 0.6) is 0 Å². The van der Waals surface area contributed by atoms with Gasteiger partial charge in [-0.05, 0) is 62.8 Å². The highest BCUT2D eigenvalue weighted by molar-refractivity contribution is 9.10. The first-order valence-electron chi connectivity index (χ1n) is 8.24. The Balaban J connectivity index is 2.10. The molecule has 1 aromatic rings. The molecule has 2 unspecified atom stereocenters. The fraction of sp³-hybridized carbons (Fsp3) is 0.667. The van der Waals surface area contributed by atoms with Gasteiger partial charge in [-0.1, -0.05) is 35.8 Å². The van der Waals surface area contributed by atoms with Crippen LogP contribution >= 0.6 is 15.9 Å². The summed E-state index contributed by atoms with van der Waals surface area (Å²) in [5.41, 5.74) is 2.69. The Bertz CT molecular complexity index is 459. The number of hydrogen-bond donors (Lipinski definition) is 1. The molecule has 0 aromatic heterocycles. The second kappa shape index (κ2) is 7.64. The maximum absolute atomic E-state index is 3.74. The Morgan fingerprint density at radius 3 is 2.57 bits per heavy atom. The molecule has 2 nitrogen and oxygen atoms in total. The summed E-state index contributed by atoms with van der Waals surface area (Å²) in [6.07, 6.45) is 4.02. The Morgan fingerprint density at radius 1 is 1.19 bits per heavy atom. The maximum atomic E-state index is 3.74. The van der Waals surface area contributed by atoms with Crippen molar-refractivity contribution in [1.29, 1.82) is 0 Å². The highest BCUT2D eigenvalue weighted by Gasteiger charge is 2.20. The molecule has 118 valence electrons. The number of halogens is 1. The monoisotopic (exact) mass is 352 g/mol. The molecule has 1 aromatic carbocycles. The Morgan fingerprint density at radius 2 is 1.95 bits per heavy atom. The molecule has 3 heteroatoms. The van der Waals surface area contributed by atoms with Crippen molar-refractivity contribution in [2.24, 2.45) is 11.8 Å². The number of hydrogen-bond acceptors (Lipinski definition) is 2. The smallest absolute Gasteiger partial charge is 0.0377 e. The molecule has 2 rings (SSSR count). The lowest BCUT2D eigenvalue weighted by Gasteiger charge is -2.25. The summed E-state index contributed by atoms with van der Waals surface area (Å²) < 4.78 is 1.21. The molecule has 21 heavy (non-hydrogen) atoms. The van der Waals surface area contributed by atoms with Crippen LogP contribution in [0.15, 0.2) is 22.7 Å². The van der Waals surface area contributed by atoms with Gasteiger partial charge in [-0.25, -0.2) is 0 Å². The van der Waals surface area contributed by atoms with E-state index >= 15 is 0 Å². The van der Waals surface area contributed by atoms with Crippen LogP contribution in [-0.2, 0) is 0 Å². The maximum Gasteiger partial charge on any atom is 0.0377 e. The van der Waals surface area contributed by atoms with E-state index in [-0.39, 0.29) is 0 Å². The highest BCUT2D eigenvalue weighted by Crippen LogP contribution is 2.31. The summed E-state index contributed by atoms with van der Waals surface area (Å²) in [7, 11) is 2.01. The van der Waals surface area contributed by atoms with E-state index in [1.54, 1.807) is 0 Å². The summed E-state index contributed by atoms with van der Waals surface area (Å²) in [6.45, 7) is 9.31. The molecule has 2 atom stereocenters. The first-order chi connectivity index (χ1) is 10.0. The minimum absolute atomic E-state index is 0.378. The predicted octanol–water partition coefficient (Wildman–Crippen LogP) is 4.99. The lowest BCUT2D eigenvalue weighted by atomic mass is 9.89. The standard InChI is InChI=1S/C18H29BrN2/c1-13(2)15-6-5-10-21(11-9-15)16-7-8-17(14(3)20-4)18(19)12-16/h7-8,12-15,20H,5-6,9-11H2,1-4H3. The molecule has 1 heterocycles. The number of rotatable bonds is 4. The third-order valence-corrected chi connectivity index (χ3v) is 5.65. The molecular weight excluding hydrogens is 324 g/mol. The van der Waals surface area contributed by atoms with E-state index in [2.05, 4.69) is 65.1 Å². The molecule has 1 fully saturated rings. The lowest BCUT2D eigenvalue weighted by molar-refractivity contribution is 0.351. The Kier molecular flexibility index (Phi) is 6.12. The van der Waals surface area contributed by atoms with Crippen molar-refractivity contribution in [2.75, 3.05) is 25.0 Å². The lowest BCUT2D eigenvalue weighted by Crippen LogP contribution is -2.24. The molecule has 0 spiro atoms. The van der Waals surface area contributed by atoms with Gasteiger partial charge in [0, 0.05) is 29.3 Å². The second-order valence-corrected chi connectivity index (χ2v) is 7.49. The molecule has 0 amide bonds. The third kappa shape index (κ3) is 4.23. The van der Waals surface area contributed by atoms with Gasteiger partial charge in [-0.3, -0.25) is 0 Å². The van der Waals surface area contributed by atoms with Gasteiger partial charge in [0.2, 0.25) is 0 Å². The molecule has 0 aliphatic carbocycles. The minimum atomic E-state index is 0.378. The van der Waals surface area contributed by atoms with Crippen LogP contribution in [0.25, 0.3) is 0 Å². The zero-order valence-corrected chi connectivity index (χ0v) is 15.4. The Hall–Kier alpha value is -0.540. The van der Waals surface area contributed by atoms with Gasteiger partial charge in [0.15, 0.2) is 0 Å². The van der Waals surface area contributed by atoms with Crippen LogP contribution in [0.3, 0.4) is 0 Å². The normalized spacial score (nSPS) is 21.4. The van der Waals surface area contributed by atoms with Crippen molar-refractivity contribution >= 4 is 21.6 Å². The van der Waals surface area contributed by atoms with Crippen LogP contribution in [0.4, 0.5) is 5.69 Å². The zero-order valence-electron chi connectivity index (χ0n) is 13.8. The van der Waals surface area contributed by atoms with Crippen LogP contribution in [-0.4, -0.2) is 20.1 Å². The van der Waals surface area contributed by atoms with Crippen molar-refractivity contribution in [3.63, 3.8) is 0 Å². The van der Waals surface area contributed by atoms with Gasteiger partial charge in [0.25, 0.3) is 0 Å². The number of nitrogens with zero attached hydrogens (tertiary/aromatic N) is 1. The van der Waals surface area contributed by atoms with Crippen LogP contribution in [0, 0.1) is 11.8 Å². The van der Waals surface area contributed by atoms with Gasteiger partial charge >= 0.3 is 0 Å². The van der Waals surface area contributed by atoms with Crippen molar-refractivity contribution in [1.82, 2.24) is 5.32 Å². The molecule has 0 radical (unpaired) electrons. The van der Waals surface area contributed by atoms with E-state index in [0.29, 0.717) is 6.04 Å². The fourth-order valence-electron chi connectivity index (χ4n) is 3.27.